The molecule has 3 rings (SSSR count). The van der Waals surface area contributed by atoms with Gasteiger partial charge in [0.2, 0.25) is 5.28 Å². The van der Waals surface area contributed by atoms with Crippen LogP contribution in [0.1, 0.15) is 18.5 Å². The molecule has 0 bridgehead atoms. The van der Waals surface area contributed by atoms with Gasteiger partial charge in [0.1, 0.15) is 0 Å². The third-order valence-electron chi connectivity index (χ3n) is 3.71. The number of aromatic nitrogens is 2. The molecule has 110 valence electrons. The first-order chi connectivity index (χ1) is 10.1. The monoisotopic (exact) mass is 303 g/mol. The van der Waals surface area contributed by atoms with Crippen LogP contribution < -0.4 is 16.0 Å². The van der Waals surface area contributed by atoms with Crippen molar-refractivity contribution in [1.29, 1.82) is 0 Å². The van der Waals surface area contributed by atoms with E-state index < -0.39 is 0 Å². The van der Waals surface area contributed by atoms with E-state index in [2.05, 4.69) is 32.3 Å². The Balaban J connectivity index is 1.79. The van der Waals surface area contributed by atoms with Crippen LogP contribution in [0.3, 0.4) is 0 Å². The zero-order valence-corrected chi connectivity index (χ0v) is 12.7. The summed E-state index contributed by atoms with van der Waals surface area (Å²) in [6.45, 7) is 4.09. The summed E-state index contributed by atoms with van der Waals surface area (Å²) in [6, 6.07) is 8.27. The van der Waals surface area contributed by atoms with E-state index >= 15 is 0 Å². The van der Waals surface area contributed by atoms with Gasteiger partial charge in [0.05, 0.1) is 11.4 Å². The van der Waals surface area contributed by atoms with E-state index in [4.69, 9.17) is 17.3 Å². The third-order valence-corrected chi connectivity index (χ3v) is 3.88. The Bertz CT molecular complexity index is 635. The highest BCUT2D eigenvalue weighted by Crippen LogP contribution is 2.27. The second-order valence-electron chi connectivity index (χ2n) is 5.21. The molecule has 1 aromatic carbocycles. The molecule has 21 heavy (non-hydrogen) atoms. The molecule has 0 saturated carbocycles. The number of benzene rings is 1. The zero-order valence-electron chi connectivity index (χ0n) is 11.9. The van der Waals surface area contributed by atoms with Gasteiger partial charge in [-0.25, -0.2) is 4.98 Å². The van der Waals surface area contributed by atoms with Gasteiger partial charge in [0, 0.05) is 24.5 Å². The van der Waals surface area contributed by atoms with E-state index in [0.29, 0.717) is 17.2 Å². The second-order valence-corrected chi connectivity index (χ2v) is 5.54. The van der Waals surface area contributed by atoms with Crippen molar-refractivity contribution in [2.45, 2.75) is 19.8 Å². The number of rotatable bonds is 3. The molecule has 1 saturated heterocycles. The average Bonchev–Trinajstić information content (AvgIpc) is 2.99. The number of anilines is 4. The molecule has 2 heterocycles. The molecule has 5 nitrogen and oxygen atoms in total. The molecule has 1 fully saturated rings. The van der Waals surface area contributed by atoms with Gasteiger partial charge in [0.15, 0.2) is 5.82 Å². The van der Waals surface area contributed by atoms with Crippen molar-refractivity contribution in [3.05, 3.63) is 35.2 Å². The van der Waals surface area contributed by atoms with Crippen molar-refractivity contribution in [2.24, 2.45) is 0 Å². The number of aryl methyl sites for hydroxylation is 1. The van der Waals surface area contributed by atoms with E-state index in [0.717, 1.165) is 18.8 Å². The molecule has 2 aromatic rings. The molecule has 6 heteroatoms. The van der Waals surface area contributed by atoms with Crippen LogP contribution in [-0.2, 0) is 0 Å². The van der Waals surface area contributed by atoms with Crippen LogP contribution in [-0.4, -0.2) is 23.1 Å². The van der Waals surface area contributed by atoms with Crippen LogP contribution in [0, 0.1) is 6.92 Å². The van der Waals surface area contributed by atoms with Gasteiger partial charge in [-0.1, -0.05) is 0 Å². The molecule has 3 N–H and O–H groups in total. The maximum Gasteiger partial charge on any atom is 0.224 e. The Morgan fingerprint density at radius 1 is 1.14 bits per heavy atom. The van der Waals surface area contributed by atoms with Crippen molar-refractivity contribution in [2.75, 3.05) is 29.0 Å². The lowest BCUT2D eigenvalue weighted by Gasteiger charge is -2.18. The highest BCUT2D eigenvalue weighted by molar-refractivity contribution is 6.28. The fourth-order valence-electron chi connectivity index (χ4n) is 2.51. The summed E-state index contributed by atoms with van der Waals surface area (Å²) < 4.78 is 0. The van der Waals surface area contributed by atoms with Gasteiger partial charge in [-0.3, -0.25) is 0 Å². The van der Waals surface area contributed by atoms with E-state index in [1.165, 1.54) is 18.5 Å². The maximum atomic E-state index is 5.97. The lowest BCUT2D eigenvalue weighted by molar-refractivity contribution is 0.949. The normalized spacial score (nSPS) is 14.5. The van der Waals surface area contributed by atoms with Crippen molar-refractivity contribution in [3.63, 3.8) is 0 Å². The highest BCUT2D eigenvalue weighted by Gasteiger charge is 2.12. The standard InChI is InChI=1S/C15H18ClN5/c1-10-13(17)14(20-15(16)18-10)19-11-4-6-12(7-5-11)21-8-2-3-9-21/h4-7H,2-3,8-9,17H2,1H3,(H,18,19,20). The third kappa shape index (κ3) is 3.03. The molecule has 0 amide bonds. The van der Waals surface area contributed by atoms with E-state index in [1.807, 2.05) is 19.1 Å². The number of nitrogen functional groups attached to an aromatic ring is 1. The van der Waals surface area contributed by atoms with Gasteiger partial charge in [-0.05, 0) is 55.6 Å². The fraction of sp³-hybridized carbons (Fsp3) is 0.333. The summed E-state index contributed by atoms with van der Waals surface area (Å²) in [5.41, 5.74) is 9.35. The van der Waals surface area contributed by atoms with E-state index in [1.54, 1.807) is 0 Å². The van der Waals surface area contributed by atoms with Crippen LogP contribution in [0.2, 0.25) is 5.28 Å². The Morgan fingerprint density at radius 2 is 1.81 bits per heavy atom. The summed E-state index contributed by atoms with van der Waals surface area (Å²) in [6.07, 6.45) is 2.55. The summed E-state index contributed by atoms with van der Waals surface area (Å²) >= 11 is 5.88. The van der Waals surface area contributed by atoms with Gasteiger partial charge >= 0.3 is 0 Å². The van der Waals surface area contributed by atoms with Crippen molar-refractivity contribution >= 4 is 34.5 Å². The molecule has 0 spiro atoms. The van der Waals surface area contributed by atoms with Gasteiger partial charge in [0.25, 0.3) is 0 Å². The predicted octanol–water partition coefficient (Wildman–Crippen LogP) is 3.36. The van der Waals surface area contributed by atoms with Crippen molar-refractivity contribution in [3.8, 4) is 0 Å². The Labute approximate surface area is 129 Å². The highest BCUT2D eigenvalue weighted by atomic mass is 35.5. The first kappa shape index (κ1) is 13.9. The molecule has 1 aliphatic rings. The zero-order chi connectivity index (χ0) is 14.8. The minimum absolute atomic E-state index is 0.192. The number of hydrogen-bond acceptors (Lipinski definition) is 5. The number of nitrogens with two attached hydrogens (primary N) is 1. The van der Waals surface area contributed by atoms with Gasteiger partial charge < -0.3 is 16.0 Å². The molecule has 1 aromatic heterocycles. The topological polar surface area (TPSA) is 67.1 Å². The number of halogens is 1. The summed E-state index contributed by atoms with van der Waals surface area (Å²) in [5, 5.41) is 3.39. The van der Waals surface area contributed by atoms with Crippen molar-refractivity contribution in [1.82, 2.24) is 9.97 Å². The molecular weight excluding hydrogens is 286 g/mol. The fourth-order valence-corrected chi connectivity index (χ4v) is 2.72. The summed E-state index contributed by atoms with van der Waals surface area (Å²) in [4.78, 5) is 10.6. The quantitative estimate of drug-likeness (QED) is 0.851. The number of nitrogens with one attached hydrogen (secondary N) is 1. The van der Waals surface area contributed by atoms with E-state index in [-0.39, 0.29) is 5.28 Å². The Hall–Kier alpha value is -2.01. The largest absolute Gasteiger partial charge is 0.394 e. The van der Waals surface area contributed by atoms with Crippen LogP contribution in [0.25, 0.3) is 0 Å². The number of nitrogens with zero attached hydrogens (tertiary/aromatic N) is 3. The van der Waals surface area contributed by atoms with E-state index in [9.17, 15) is 0 Å². The minimum Gasteiger partial charge on any atom is -0.394 e. The molecule has 0 unspecified atom stereocenters. The first-order valence-corrected chi connectivity index (χ1v) is 7.43. The SMILES string of the molecule is Cc1nc(Cl)nc(Nc2ccc(N3CCCC3)cc2)c1N. The number of hydrogen-bond donors (Lipinski definition) is 2. The van der Waals surface area contributed by atoms with Gasteiger partial charge in [-0.2, -0.15) is 4.98 Å². The lowest BCUT2D eigenvalue weighted by Crippen LogP contribution is -2.17. The van der Waals surface area contributed by atoms with Crippen molar-refractivity contribution < 1.29 is 0 Å². The summed E-state index contributed by atoms with van der Waals surface area (Å²) in [7, 11) is 0. The molecule has 0 radical (unpaired) electrons. The molecule has 0 aliphatic carbocycles. The Kier molecular flexibility index (Phi) is 3.84. The Morgan fingerprint density at radius 3 is 2.48 bits per heavy atom. The summed E-state index contributed by atoms with van der Waals surface area (Å²) in [5.74, 6) is 0.543. The average molecular weight is 304 g/mol. The maximum absolute atomic E-state index is 5.97. The van der Waals surface area contributed by atoms with Gasteiger partial charge in [-0.15, -0.1) is 0 Å². The lowest BCUT2D eigenvalue weighted by atomic mass is 10.2. The predicted molar refractivity (Wildman–Crippen MR) is 87.4 cm³/mol. The smallest absolute Gasteiger partial charge is 0.224 e. The molecular formula is C15H18ClN5. The van der Waals surface area contributed by atoms with Crippen LogP contribution >= 0.6 is 11.6 Å². The molecule has 1 aliphatic heterocycles. The molecule has 0 atom stereocenters. The van der Waals surface area contributed by atoms with Crippen LogP contribution in [0.15, 0.2) is 24.3 Å². The first-order valence-electron chi connectivity index (χ1n) is 7.05. The van der Waals surface area contributed by atoms with Crippen LogP contribution in [0.4, 0.5) is 22.9 Å². The minimum atomic E-state index is 0.192. The second kappa shape index (κ2) is 5.77. The van der Waals surface area contributed by atoms with Crippen LogP contribution in [0.5, 0.6) is 0 Å².